The molecule has 0 bridgehead atoms. The first-order valence-electron chi connectivity index (χ1n) is 5.57. The molecule has 2 rings (SSSR count). The fourth-order valence-electron chi connectivity index (χ4n) is 1.77. The fourth-order valence-corrected chi connectivity index (χ4v) is 2.81. The zero-order valence-electron chi connectivity index (χ0n) is 10.2. The summed E-state index contributed by atoms with van der Waals surface area (Å²) in [5.74, 6) is 0.789. The molecule has 2 aromatic rings. The summed E-state index contributed by atoms with van der Waals surface area (Å²) < 4.78 is 6.95. The summed E-state index contributed by atoms with van der Waals surface area (Å²) in [4.78, 5) is 0. The minimum atomic E-state index is -0.245. The van der Waals surface area contributed by atoms with Crippen molar-refractivity contribution in [3.8, 4) is 5.75 Å². The number of rotatable bonds is 3. The Kier molecular flexibility index (Phi) is 4.90. The van der Waals surface area contributed by atoms with Crippen molar-refractivity contribution in [1.82, 2.24) is 0 Å². The van der Waals surface area contributed by atoms with Gasteiger partial charge in [0, 0.05) is 8.95 Å². The summed E-state index contributed by atoms with van der Waals surface area (Å²) in [5, 5.41) is 0.651. The van der Waals surface area contributed by atoms with Crippen LogP contribution in [0, 0.1) is 0 Å². The summed E-state index contributed by atoms with van der Waals surface area (Å²) in [6.07, 6.45) is 0. The third-order valence-corrected chi connectivity index (χ3v) is 4.76. The highest BCUT2D eigenvalue weighted by Crippen LogP contribution is 2.32. The van der Waals surface area contributed by atoms with Crippen LogP contribution in [-0.4, -0.2) is 7.11 Å². The van der Waals surface area contributed by atoms with Crippen molar-refractivity contribution in [3.63, 3.8) is 0 Å². The molecule has 5 heteroatoms. The molecule has 0 heterocycles. The van der Waals surface area contributed by atoms with E-state index in [-0.39, 0.29) is 6.04 Å². The van der Waals surface area contributed by atoms with Gasteiger partial charge in [0.1, 0.15) is 5.75 Å². The molecule has 0 aliphatic carbocycles. The average molecular weight is 406 g/mol. The number of benzene rings is 2. The van der Waals surface area contributed by atoms with Crippen molar-refractivity contribution in [2.75, 3.05) is 7.11 Å². The Morgan fingerprint density at radius 3 is 2.42 bits per heavy atom. The molecule has 2 aromatic carbocycles. The predicted octanol–water partition coefficient (Wildman–Crippen LogP) is 4.92. The van der Waals surface area contributed by atoms with Crippen molar-refractivity contribution in [2.24, 2.45) is 5.73 Å². The molecule has 2 N–H and O–H groups in total. The van der Waals surface area contributed by atoms with Gasteiger partial charge in [-0.3, -0.25) is 0 Å². The maximum Gasteiger partial charge on any atom is 0.120 e. The Labute approximate surface area is 134 Å². The van der Waals surface area contributed by atoms with Crippen LogP contribution >= 0.6 is 43.5 Å². The topological polar surface area (TPSA) is 35.2 Å². The Morgan fingerprint density at radius 2 is 1.84 bits per heavy atom. The van der Waals surface area contributed by atoms with Crippen molar-refractivity contribution in [1.29, 1.82) is 0 Å². The van der Waals surface area contributed by atoms with Crippen LogP contribution in [0.15, 0.2) is 45.3 Å². The second-order valence-electron chi connectivity index (χ2n) is 4.04. The van der Waals surface area contributed by atoms with Crippen LogP contribution in [-0.2, 0) is 0 Å². The lowest BCUT2D eigenvalue weighted by atomic mass is 10.00. The van der Waals surface area contributed by atoms with E-state index >= 15 is 0 Å². The molecule has 2 nitrogen and oxygen atoms in total. The van der Waals surface area contributed by atoms with E-state index in [4.69, 9.17) is 22.1 Å². The van der Waals surface area contributed by atoms with E-state index in [1.165, 1.54) is 0 Å². The Balaban J connectivity index is 2.38. The number of halogens is 3. The lowest BCUT2D eigenvalue weighted by Gasteiger charge is -2.16. The van der Waals surface area contributed by atoms with Gasteiger partial charge in [0.2, 0.25) is 0 Å². The molecule has 0 fully saturated rings. The van der Waals surface area contributed by atoms with Gasteiger partial charge in [-0.2, -0.15) is 0 Å². The SMILES string of the molecule is COc1ccc(C(N)c2ccc(Br)c(Cl)c2)c(Br)c1. The smallest absolute Gasteiger partial charge is 0.120 e. The number of nitrogens with two attached hydrogens (primary N) is 1. The van der Waals surface area contributed by atoms with E-state index in [1.807, 2.05) is 36.4 Å². The molecule has 0 saturated heterocycles. The molecule has 0 spiro atoms. The summed E-state index contributed by atoms with van der Waals surface area (Å²) in [6, 6.07) is 11.2. The number of hydrogen-bond donors (Lipinski definition) is 1. The maximum atomic E-state index is 6.28. The van der Waals surface area contributed by atoms with Crippen LogP contribution in [0.3, 0.4) is 0 Å². The van der Waals surface area contributed by atoms with Gasteiger partial charge in [-0.25, -0.2) is 0 Å². The van der Waals surface area contributed by atoms with E-state index in [0.29, 0.717) is 5.02 Å². The second-order valence-corrected chi connectivity index (χ2v) is 6.15. The quantitative estimate of drug-likeness (QED) is 0.787. The predicted molar refractivity (Wildman–Crippen MR) is 85.9 cm³/mol. The van der Waals surface area contributed by atoms with Crippen LogP contribution in [0.2, 0.25) is 5.02 Å². The Hall–Kier alpha value is -0.550. The van der Waals surface area contributed by atoms with Gasteiger partial charge in [-0.1, -0.05) is 39.7 Å². The zero-order valence-corrected chi connectivity index (χ0v) is 14.1. The minimum Gasteiger partial charge on any atom is -0.497 e. The van der Waals surface area contributed by atoms with Gasteiger partial charge >= 0.3 is 0 Å². The summed E-state index contributed by atoms with van der Waals surface area (Å²) in [7, 11) is 1.63. The van der Waals surface area contributed by atoms with Gasteiger partial charge in [0.25, 0.3) is 0 Å². The minimum absolute atomic E-state index is 0.245. The lowest BCUT2D eigenvalue weighted by molar-refractivity contribution is 0.414. The van der Waals surface area contributed by atoms with Crippen molar-refractivity contribution in [3.05, 3.63) is 61.5 Å². The highest BCUT2D eigenvalue weighted by molar-refractivity contribution is 9.10. The van der Waals surface area contributed by atoms with E-state index in [1.54, 1.807) is 7.11 Å². The van der Waals surface area contributed by atoms with Gasteiger partial charge in [-0.15, -0.1) is 0 Å². The van der Waals surface area contributed by atoms with Gasteiger partial charge in [-0.05, 0) is 51.3 Å². The van der Waals surface area contributed by atoms with Crippen molar-refractivity contribution < 1.29 is 4.74 Å². The maximum absolute atomic E-state index is 6.28. The van der Waals surface area contributed by atoms with E-state index in [2.05, 4.69) is 31.9 Å². The van der Waals surface area contributed by atoms with E-state index < -0.39 is 0 Å². The summed E-state index contributed by atoms with van der Waals surface area (Å²) in [6.45, 7) is 0. The van der Waals surface area contributed by atoms with E-state index in [0.717, 1.165) is 25.8 Å². The van der Waals surface area contributed by atoms with Crippen LogP contribution < -0.4 is 10.5 Å². The Bertz CT molecular complexity index is 604. The first-order valence-corrected chi connectivity index (χ1v) is 7.53. The highest BCUT2D eigenvalue weighted by Gasteiger charge is 2.14. The molecule has 0 saturated carbocycles. The largest absolute Gasteiger partial charge is 0.497 e. The molecule has 0 radical (unpaired) electrons. The van der Waals surface area contributed by atoms with Crippen LogP contribution in [0.1, 0.15) is 17.2 Å². The van der Waals surface area contributed by atoms with Gasteiger partial charge in [0.15, 0.2) is 0 Å². The molecule has 1 unspecified atom stereocenters. The number of ether oxygens (including phenoxy) is 1. The monoisotopic (exact) mass is 403 g/mol. The van der Waals surface area contributed by atoms with Crippen LogP contribution in [0.5, 0.6) is 5.75 Å². The molecule has 0 amide bonds. The lowest BCUT2D eigenvalue weighted by Crippen LogP contribution is -2.12. The normalized spacial score (nSPS) is 12.3. The van der Waals surface area contributed by atoms with Gasteiger partial charge < -0.3 is 10.5 Å². The second kappa shape index (κ2) is 6.27. The molecule has 19 heavy (non-hydrogen) atoms. The zero-order chi connectivity index (χ0) is 14.0. The van der Waals surface area contributed by atoms with Crippen LogP contribution in [0.25, 0.3) is 0 Å². The first kappa shape index (κ1) is 14.9. The molecule has 0 aliphatic rings. The van der Waals surface area contributed by atoms with Crippen LogP contribution in [0.4, 0.5) is 0 Å². The molecule has 0 aliphatic heterocycles. The Morgan fingerprint density at radius 1 is 1.11 bits per heavy atom. The van der Waals surface area contributed by atoms with Gasteiger partial charge in [0.05, 0.1) is 18.2 Å². The molecule has 1 atom stereocenters. The molecule has 0 aromatic heterocycles. The standard InChI is InChI=1S/C14H12Br2ClNO/c1-19-9-3-4-10(12(16)7-9)14(18)8-2-5-11(15)13(17)6-8/h2-7,14H,18H2,1H3. The first-order chi connectivity index (χ1) is 9.02. The third kappa shape index (κ3) is 3.31. The number of methoxy groups -OCH3 is 1. The molecular formula is C14H12Br2ClNO. The van der Waals surface area contributed by atoms with Crippen molar-refractivity contribution >= 4 is 43.5 Å². The summed E-state index contributed by atoms with van der Waals surface area (Å²) in [5.41, 5.74) is 8.23. The van der Waals surface area contributed by atoms with E-state index in [9.17, 15) is 0 Å². The highest BCUT2D eigenvalue weighted by atomic mass is 79.9. The fraction of sp³-hybridized carbons (Fsp3) is 0.143. The molecule has 100 valence electrons. The third-order valence-electron chi connectivity index (χ3n) is 2.85. The summed E-state index contributed by atoms with van der Waals surface area (Å²) >= 11 is 13.0. The van der Waals surface area contributed by atoms with Crippen molar-refractivity contribution in [2.45, 2.75) is 6.04 Å². The molecular weight excluding hydrogens is 393 g/mol. The average Bonchev–Trinajstić information content (AvgIpc) is 2.41. The number of hydrogen-bond acceptors (Lipinski definition) is 2.